The molecule has 1 saturated heterocycles. The van der Waals surface area contributed by atoms with Crippen LogP contribution in [0.5, 0.6) is 0 Å². The summed E-state index contributed by atoms with van der Waals surface area (Å²) >= 11 is 0. The van der Waals surface area contributed by atoms with Crippen LogP contribution in [0.2, 0.25) is 0 Å². The molecule has 0 aliphatic carbocycles. The lowest BCUT2D eigenvalue weighted by Crippen LogP contribution is -2.28. The van der Waals surface area contributed by atoms with E-state index in [2.05, 4.69) is 20.3 Å². The van der Waals surface area contributed by atoms with Crippen molar-refractivity contribution in [2.75, 3.05) is 11.9 Å². The summed E-state index contributed by atoms with van der Waals surface area (Å²) in [5.74, 6) is 1.47. The van der Waals surface area contributed by atoms with Crippen molar-refractivity contribution in [3.63, 3.8) is 0 Å². The fraction of sp³-hybridized carbons (Fsp3) is 0.375. The monoisotopic (exact) mass is 297 g/mol. The Labute approximate surface area is 129 Å². The van der Waals surface area contributed by atoms with E-state index >= 15 is 0 Å². The number of hydrogen-bond donors (Lipinski definition) is 1. The van der Waals surface area contributed by atoms with E-state index < -0.39 is 0 Å². The van der Waals surface area contributed by atoms with Crippen molar-refractivity contribution in [1.82, 2.24) is 19.9 Å². The average molecular weight is 297 g/mol. The van der Waals surface area contributed by atoms with E-state index in [1.807, 2.05) is 30.0 Å². The van der Waals surface area contributed by atoms with Crippen LogP contribution in [0.3, 0.4) is 0 Å². The van der Waals surface area contributed by atoms with E-state index in [-0.39, 0.29) is 11.9 Å². The minimum atomic E-state index is 0.0252. The number of rotatable bonds is 3. The van der Waals surface area contributed by atoms with Gasteiger partial charge in [0.2, 0.25) is 5.91 Å². The van der Waals surface area contributed by atoms with Crippen molar-refractivity contribution in [3.8, 4) is 0 Å². The van der Waals surface area contributed by atoms with Gasteiger partial charge in [0.05, 0.1) is 24.1 Å². The molecule has 0 spiro atoms. The molecule has 1 fully saturated rings. The third kappa shape index (κ3) is 3.05. The van der Waals surface area contributed by atoms with Crippen LogP contribution in [0.25, 0.3) is 0 Å². The lowest BCUT2D eigenvalue weighted by Gasteiger charge is -2.22. The van der Waals surface area contributed by atoms with Crippen molar-refractivity contribution in [1.29, 1.82) is 0 Å². The van der Waals surface area contributed by atoms with Gasteiger partial charge in [-0.25, -0.2) is 9.97 Å². The van der Waals surface area contributed by atoms with Crippen LogP contribution in [0.1, 0.15) is 37.2 Å². The molecule has 2 aromatic heterocycles. The molecule has 1 aliphatic rings. The van der Waals surface area contributed by atoms with Gasteiger partial charge in [-0.15, -0.1) is 0 Å². The molecule has 1 amide bonds. The van der Waals surface area contributed by atoms with E-state index in [4.69, 9.17) is 0 Å². The molecule has 3 rings (SSSR count). The maximum atomic E-state index is 11.7. The summed E-state index contributed by atoms with van der Waals surface area (Å²) in [6.07, 6.45) is 5.34. The summed E-state index contributed by atoms with van der Waals surface area (Å²) in [6.45, 7) is 4.33. The highest BCUT2D eigenvalue weighted by atomic mass is 16.2. The summed E-state index contributed by atoms with van der Waals surface area (Å²) in [7, 11) is 0. The lowest BCUT2D eigenvalue weighted by molar-refractivity contribution is -0.129. The molecule has 0 saturated carbocycles. The molecule has 1 unspecified atom stereocenters. The largest absolute Gasteiger partial charge is 0.334 e. The van der Waals surface area contributed by atoms with E-state index in [0.717, 1.165) is 36.6 Å². The van der Waals surface area contributed by atoms with Gasteiger partial charge in [0.25, 0.3) is 0 Å². The molecule has 3 heterocycles. The first-order valence-electron chi connectivity index (χ1n) is 7.43. The van der Waals surface area contributed by atoms with Crippen LogP contribution in [0.15, 0.2) is 30.6 Å². The van der Waals surface area contributed by atoms with Crippen LogP contribution in [-0.4, -0.2) is 32.3 Å². The summed E-state index contributed by atoms with van der Waals surface area (Å²) in [4.78, 5) is 26.8. The molecular formula is C16H19N5O. The Balaban J connectivity index is 1.82. The normalized spacial score (nSPS) is 17.5. The number of nitrogens with one attached hydrogen (secondary N) is 1. The van der Waals surface area contributed by atoms with Crippen LogP contribution in [0, 0.1) is 6.92 Å². The Morgan fingerprint density at radius 1 is 1.27 bits per heavy atom. The standard InChI is InChI=1S/C16H19N5O/c1-11-5-3-7-15(18-11)20-16-10-17-9-13(19-16)14-6-4-8-21(14)12(2)22/h3,5,7,9-10,14H,4,6,8H2,1-2H3,(H,18,19,20). The fourth-order valence-electron chi connectivity index (χ4n) is 2.80. The third-order valence-corrected chi connectivity index (χ3v) is 3.80. The van der Waals surface area contributed by atoms with Crippen molar-refractivity contribution < 1.29 is 4.79 Å². The first-order valence-corrected chi connectivity index (χ1v) is 7.43. The molecule has 1 aliphatic heterocycles. The minimum absolute atomic E-state index is 0.0252. The van der Waals surface area contributed by atoms with Crippen LogP contribution >= 0.6 is 0 Å². The quantitative estimate of drug-likeness (QED) is 0.943. The van der Waals surface area contributed by atoms with Gasteiger partial charge in [-0.3, -0.25) is 9.78 Å². The predicted octanol–water partition coefficient (Wildman–Crippen LogP) is 2.61. The summed E-state index contributed by atoms with van der Waals surface area (Å²) < 4.78 is 0. The highest BCUT2D eigenvalue weighted by molar-refractivity contribution is 5.74. The van der Waals surface area contributed by atoms with Crippen molar-refractivity contribution in [3.05, 3.63) is 42.0 Å². The SMILES string of the molecule is CC(=O)N1CCCC1c1cncc(Nc2cccc(C)n2)n1. The molecule has 1 N–H and O–H groups in total. The van der Waals surface area contributed by atoms with Crippen molar-refractivity contribution in [2.45, 2.75) is 32.7 Å². The van der Waals surface area contributed by atoms with Crippen molar-refractivity contribution in [2.24, 2.45) is 0 Å². The van der Waals surface area contributed by atoms with Crippen LogP contribution < -0.4 is 5.32 Å². The van der Waals surface area contributed by atoms with Gasteiger partial charge in [0, 0.05) is 19.2 Å². The van der Waals surface area contributed by atoms with Gasteiger partial charge in [0.15, 0.2) is 0 Å². The third-order valence-electron chi connectivity index (χ3n) is 3.80. The topological polar surface area (TPSA) is 71.0 Å². The Morgan fingerprint density at radius 2 is 2.14 bits per heavy atom. The van der Waals surface area contributed by atoms with Gasteiger partial charge < -0.3 is 10.2 Å². The highest BCUT2D eigenvalue weighted by Crippen LogP contribution is 2.31. The molecule has 1 atom stereocenters. The number of aryl methyl sites for hydroxylation is 1. The Hall–Kier alpha value is -2.50. The van der Waals surface area contributed by atoms with E-state index in [1.54, 1.807) is 19.3 Å². The van der Waals surface area contributed by atoms with E-state index in [0.29, 0.717) is 5.82 Å². The molecule has 22 heavy (non-hydrogen) atoms. The number of anilines is 2. The van der Waals surface area contributed by atoms with Crippen molar-refractivity contribution >= 4 is 17.5 Å². The number of carbonyl (C=O) groups is 1. The molecule has 0 radical (unpaired) electrons. The van der Waals surface area contributed by atoms with Gasteiger partial charge in [0.1, 0.15) is 11.6 Å². The number of carbonyl (C=O) groups excluding carboxylic acids is 1. The second kappa shape index (κ2) is 6.09. The zero-order valence-electron chi connectivity index (χ0n) is 12.8. The minimum Gasteiger partial charge on any atom is -0.334 e. The fourth-order valence-corrected chi connectivity index (χ4v) is 2.80. The second-order valence-electron chi connectivity index (χ2n) is 5.49. The Kier molecular flexibility index (Phi) is 4.00. The number of nitrogens with zero attached hydrogens (tertiary/aromatic N) is 4. The van der Waals surface area contributed by atoms with Gasteiger partial charge >= 0.3 is 0 Å². The smallest absolute Gasteiger partial charge is 0.220 e. The second-order valence-corrected chi connectivity index (χ2v) is 5.49. The molecule has 0 bridgehead atoms. The number of hydrogen-bond acceptors (Lipinski definition) is 5. The molecule has 2 aromatic rings. The predicted molar refractivity (Wildman–Crippen MR) is 83.7 cm³/mol. The number of pyridine rings is 1. The molecule has 114 valence electrons. The van der Waals surface area contributed by atoms with Gasteiger partial charge in [-0.1, -0.05) is 6.07 Å². The molecule has 0 aromatic carbocycles. The molecular weight excluding hydrogens is 278 g/mol. The Bertz CT molecular complexity index is 688. The lowest BCUT2D eigenvalue weighted by atomic mass is 10.1. The summed E-state index contributed by atoms with van der Waals surface area (Å²) in [5.41, 5.74) is 1.76. The molecule has 6 nitrogen and oxygen atoms in total. The van der Waals surface area contributed by atoms with Crippen LogP contribution in [0.4, 0.5) is 11.6 Å². The van der Waals surface area contributed by atoms with Gasteiger partial charge in [-0.05, 0) is 31.9 Å². The number of likely N-dealkylation sites (tertiary alicyclic amines) is 1. The maximum absolute atomic E-state index is 11.7. The van der Waals surface area contributed by atoms with E-state index in [9.17, 15) is 4.79 Å². The maximum Gasteiger partial charge on any atom is 0.220 e. The first-order chi connectivity index (χ1) is 10.6. The summed E-state index contributed by atoms with van der Waals surface area (Å²) in [6, 6.07) is 5.79. The number of amides is 1. The molecule has 6 heteroatoms. The number of aromatic nitrogens is 3. The average Bonchev–Trinajstić information content (AvgIpc) is 2.97. The van der Waals surface area contributed by atoms with Gasteiger partial charge in [-0.2, -0.15) is 0 Å². The Morgan fingerprint density at radius 3 is 2.91 bits per heavy atom. The van der Waals surface area contributed by atoms with E-state index in [1.165, 1.54) is 0 Å². The highest BCUT2D eigenvalue weighted by Gasteiger charge is 2.29. The zero-order valence-corrected chi connectivity index (χ0v) is 12.8. The summed E-state index contributed by atoms with van der Waals surface area (Å²) in [5, 5.41) is 3.16. The zero-order chi connectivity index (χ0) is 15.5. The first kappa shape index (κ1) is 14.4. The van der Waals surface area contributed by atoms with Crippen LogP contribution in [-0.2, 0) is 4.79 Å².